The molecule has 2 aliphatic rings. The lowest BCUT2D eigenvalue weighted by Gasteiger charge is -2.18. The molecule has 4 nitrogen and oxygen atoms in total. The van der Waals surface area contributed by atoms with Crippen LogP contribution in [0.4, 0.5) is 0 Å². The minimum Gasteiger partial charge on any atom is -0.497 e. The van der Waals surface area contributed by atoms with Crippen molar-refractivity contribution in [3.8, 4) is 5.75 Å². The van der Waals surface area contributed by atoms with Crippen molar-refractivity contribution >= 4 is 0 Å². The Morgan fingerprint density at radius 2 is 2.21 bits per heavy atom. The Kier molecular flexibility index (Phi) is 3.46. The molecule has 3 rings (SSSR count). The third-order valence-electron chi connectivity index (χ3n) is 4.59. The van der Waals surface area contributed by atoms with E-state index in [2.05, 4.69) is 9.88 Å². The molecule has 3 unspecified atom stereocenters. The fourth-order valence-corrected chi connectivity index (χ4v) is 3.66. The SMILES string of the molecule is COc1cc(C)nc(CN2CC3CCC(N)C3C2)c1. The summed E-state index contributed by atoms with van der Waals surface area (Å²) in [5.41, 5.74) is 8.30. The van der Waals surface area contributed by atoms with Gasteiger partial charge in [-0.2, -0.15) is 0 Å². The number of nitrogens with two attached hydrogens (primary N) is 1. The van der Waals surface area contributed by atoms with Gasteiger partial charge in [0, 0.05) is 43.5 Å². The minimum absolute atomic E-state index is 0.412. The van der Waals surface area contributed by atoms with Crippen LogP contribution in [0.25, 0.3) is 0 Å². The number of fused-ring (bicyclic) bond motifs is 1. The molecule has 1 saturated heterocycles. The highest BCUT2D eigenvalue weighted by Crippen LogP contribution is 2.37. The van der Waals surface area contributed by atoms with Crippen LogP contribution in [0.15, 0.2) is 12.1 Å². The first-order chi connectivity index (χ1) is 9.15. The summed E-state index contributed by atoms with van der Waals surface area (Å²) < 4.78 is 5.31. The first-order valence-corrected chi connectivity index (χ1v) is 7.15. The van der Waals surface area contributed by atoms with Crippen LogP contribution < -0.4 is 10.5 Å². The summed E-state index contributed by atoms with van der Waals surface area (Å²) in [6, 6.07) is 4.43. The van der Waals surface area contributed by atoms with Crippen molar-refractivity contribution in [3.63, 3.8) is 0 Å². The van der Waals surface area contributed by atoms with Gasteiger partial charge in [0.25, 0.3) is 0 Å². The molecular weight excluding hydrogens is 238 g/mol. The monoisotopic (exact) mass is 261 g/mol. The molecule has 1 aromatic rings. The maximum Gasteiger partial charge on any atom is 0.122 e. The Balaban J connectivity index is 1.68. The maximum absolute atomic E-state index is 6.18. The molecule has 19 heavy (non-hydrogen) atoms. The number of nitrogens with zero attached hydrogens (tertiary/aromatic N) is 2. The van der Waals surface area contributed by atoms with E-state index in [0.717, 1.165) is 36.1 Å². The van der Waals surface area contributed by atoms with Crippen molar-refractivity contribution in [2.45, 2.75) is 32.4 Å². The topological polar surface area (TPSA) is 51.4 Å². The van der Waals surface area contributed by atoms with Crippen molar-refractivity contribution < 1.29 is 4.74 Å². The summed E-state index contributed by atoms with van der Waals surface area (Å²) in [5.74, 6) is 2.41. The van der Waals surface area contributed by atoms with Crippen LogP contribution in [0.2, 0.25) is 0 Å². The van der Waals surface area contributed by atoms with E-state index in [1.54, 1.807) is 7.11 Å². The van der Waals surface area contributed by atoms with Gasteiger partial charge in [0.15, 0.2) is 0 Å². The lowest BCUT2D eigenvalue weighted by Crippen LogP contribution is -2.30. The van der Waals surface area contributed by atoms with Crippen molar-refractivity contribution in [2.24, 2.45) is 17.6 Å². The highest BCUT2D eigenvalue weighted by molar-refractivity contribution is 5.26. The van der Waals surface area contributed by atoms with E-state index in [0.29, 0.717) is 12.0 Å². The molecular formula is C15H23N3O. The summed E-state index contributed by atoms with van der Waals surface area (Å²) in [4.78, 5) is 7.10. The molecule has 1 aliphatic carbocycles. The Bertz CT molecular complexity index is 463. The van der Waals surface area contributed by atoms with Gasteiger partial charge < -0.3 is 10.5 Å². The van der Waals surface area contributed by atoms with Crippen LogP contribution in [-0.4, -0.2) is 36.1 Å². The number of aromatic nitrogens is 1. The largest absolute Gasteiger partial charge is 0.497 e. The third kappa shape index (κ3) is 2.60. The molecule has 1 aromatic heterocycles. The summed E-state index contributed by atoms with van der Waals surface area (Å²) in [5, 5.41) is 0. The van der Waals surface area contributed by atoms with Gasteiger partial charge in [-0.05, 0) is 31.6 Å². The average molecular weight is 261 g/mol. The molecule has 0 radical (unpaired) electrons. The standard InChI is InChI=1S/C15H23N3O/c1-10-5-13(19-2)6-12(17-10)8-18-7-11-3-4-15(16)14(11)9-18/h5-6,11,14-15H,3-4,7-9,16H2,1-2H3. The molecule has 2 heterocycles. The Morgan fingerprint density at radius 3 is 2.95 bits per heavy atom. The first kappa shape index (κ1) is 12.9. The average Bonchev–Trinajstić information content (AvgIpc) is 2.91. The molecule has 0 amide bonds. The van der Waals surface area contributed by atoms with E-state index in [1.807, 2.05) is 19.1 Å². The number of aryl methyl sites for hydroxylation is 1. The fraction of sp³-hybridized carbons (Fsp3) is 0.667. The molecule has 0 spiro atoms. The number of pyridine rings is 1. The van der Waals surface area contributed by atoms with E-state index in [-0.39, 0.29) is 0 Å². The second-order valence-electron chi connectivity index (χ2n) is 6.00. The van der Waals surface area contributed by atoms with E-state index in [9.17, 15) is 0 Å². The molecule has 1 aliphatic heterocycles. The second kappa shape index (κ2) is 5.10. The van der Waals surface area contributed by atoms with Gasteiger partial charge in [0.2, 0.25) is 0 Å². The highest BCUT2D eigenvalue weighted by atomic mass is 16.5. The molecule has 0 bridgehead atoms. The second-order valence-corrected chi connectivity index (χ2v) is 6.00. The summed E-state index contributed by atoms with van der Waals surface area (Å²) >= 11 is 0. The minimum atomic E-state index is 0.412. The van der Waals surface area contributed by atoms with Gasteiger partial charge in [-0.3, -0.25) is 9.88 Å². The number of likely N-dealkylation sites (tertiary alicyclic amines) is 1. The van der Waals surface area contributed by atoms with E-state index >= 15 is 0 Å². The van der Waals surface area contributed by atoms with Gasteiger partial charge >= 0.3 is 0 Å². The van der Waals surface area contributed by atoms with Crippen molar-refractivity contribution in [1.82, 2.24) is 9.88 Å². The number of ether oxygens (including phenoxy) is 1. The number of methoxy groups -OCH3 is 1. The summed E-state index contributed by atoms with van der Waals surface area (Å²) in [6.45, 7) is 5.23. The fourth-order valence-electron chi connectivity index (χ4n) is 3.66. The summed E-state index contributed by atoms with van der Waals surface area (Å²) in [7, 11) is 1.71. The smallest absolute Gasteiger partial charge is 0.122 e. The molecule has 0 aromatic carbocycles. The molecule has 2 fully saturated rings. The molecule has 4 heteroatoms. The zero-order valence-electron chi connectivity index (χ0n) is 11.8. The molecule has 2 N–H and O–H groups in total. The maximum atomic E-state index is 6.18. The van der Waals surface area contributed by atoms with E-state index in [4.69, 9.17) is 10.5 Å². The zero-order valence-corrected chi connectivity index (χ0v) is 11.8. The quantitative estimate of drug-likeness (QED) is 0.897. The first-order valence-electron chi connectivity index (χ1n) is 7.15. The normalized spacial score (nSPS) is 30.6. The lowest BCUT2D eigenvalue weighted by molar-refractivity contribution is 0.294. The van der Waals surface area contributed by atoms with Crippen molar-refractivity contribution in [3.05, 3.63) is 23.5 Å². The Labute approximate surface area is 115 Å². The zero-order chi connectivity index (χ0) is 13.4. The van der Waals surface area contributed by atoms with E-state index < -0.39 is 0 Å². The predicted octanol–water partition coefficient (Wildman–Crippen LogP) is 1.57. The van der Waals surface area contributed by atoms with Gasteiger partial charge in [-0.15, -0.1) is 0 Å². The molecule has 1 saturated carbocycles. The molecule has 104 valence electrons. The Morgan fingerprint density at radius 1 is 1.37 bits per heavy atom. The van der Waals surface area contributed by atoms with Gasteiger partial charge in [-0.1, -0.05) is 0 Å². The Hall–Kier alpha value is -1.13. The number of rotatable bonds is 3. The lowest BCUT2D eigenvalue weighted by atomic mass is 9.98. The van der Waals surface area contributed by atoms with Crippen LogP contribution in [0.1, 0.15) is 24.2 Å². The highest BCUT2D eigenvalue weighted by Gasteiger charge is 2.40. The van der Waals surface area contributed by atoms with Crippen LogP contribution in [0.5, 0.6) is 5.75 Å². The predicted molar refractivity (Wildman–Crippen MR) is 75.0 cm³/mol. The van der Waals surface area contributed by atoms with Crippen molar-refractivity contribution in [1.29, 1.82) is 0 Å². The number of hydrogen-bond donors (Lipinski definition) is 1. The van der Waals surface area contributed by atoms with E-state index in [1.165, 1.54) is 19.4 Å². The van der Waals surface area contributed by atoms with Crippen LogP contribution in [0, 0.1) is 18.8 Å². The van der Waals surface area contributed by atoms with Gasteiger partial charge in [0.1, 0.15) is 5.75 Å². The molecule has 3 atom stereocenters. The van der Waals surface area contributed by atoms with Crippen LogP contribution in [-0.2, 0) is 6.54 Å². The third-order valence-corrected chi connectivity index (χ3v) is 4.59. The van der Waals surface area contributed by atoms with Crippen LogP contribution >= 0.6 is 0 Å². The van der Waals surface area contributed by atoms with Gasteiger partial charge in [0.05, 0.1) is 12.8 Å². The van der Waals surface area contributed by atoms with Crippen LogP contribution in [0.3, 0.4) is 0 Å². The summed E-state index contributed by atoms with van der Waals surface area (Å²) in [6.07, 6.45) is 2.51. The van der Waals surface area contributed by atoms with Crippen molar-refractivity contribution in [2.75, 3.05) is 20.2 Å². The number of hydrogen-bond acceptors (Lipinski definition) is 4. The van der Waals surface area contributed by atoms with Gasteiger partial charge in [-0.25, -0.2) is 0 Å².